The van der Waals surface area contributed by atoms with Crippen molar-refractivity contribution in [1.29, 1.82) is 0 Å². The van der Waals surface area contributed by atoms with Crippen LogP contribution < -0.4 is 4.48 Å². The molecule has 1 N–H and O–H groups in total. The number of fused-ring (bicyclic) bond motifs is 1. The van der Waals surface area contributed by atoms with Gasteiger partial charge in [0, 0.05) is 60.0 Å². The maximum atomic E-state index is 13.9. The number of quaternary nitrogens is 1. The largest absolute Gasteiger partial charge is 0.481 e. The molecule has 5 rings (SSSR count). The Balaban J connectivity index is 1.50. The van der Waals surface area contributed by atoms with Gasteiger partial charge in [0.25, 0.3) is 5.91 Å². The minimum absolute atomic E-state index is 0.104. The Morgan fingerprint density at radius 2 is 1.20 bits per heavy atom. The van der Waals surface area contributed by atoms with Crippen LogP contribution in [0.1, 0.15) is 67.6 Å². The van der Waals surface area contributed by atoms with E-state index in [0.717, 1.165) is 46.4 Å². The van der Waals surface area contributed by atoms with Gasteiger partial charge in [-0.3, -0.25) is 14.2 Å². The Morgan fingerprint density at radius 3 is 1.69 bits per heavy atom. The molecule has 0 fully saturated rings. The van der Waals surface area contributed by atoms with Gasteiger partial charge in [-0.25, -0.2) is 4.48 Å². The highest BCUT2D eigenvalue weighted by Crippen LogP contribution is 2.42. The van der Waals surface area contributed by atoms with Crippen LogP contribution in [0.5, 0.6) is 0 Å². The quantitative estimate of drug-likeness (QED) is 0.145. The summed E-state index contributed by atoms with van der Waals surface area (Å²) in [4.78, 5) is 24.9. The standard InChI is InChI=1S/C40H44N2O3/c1-28(2)25-30-13-19-34(20-14-30)42(5,35-21-15-31(16-22-35)26-29(3)4)36-23-17-32(18-24-36)40(45)41-27-33(9-8-12-39(43)44)37-10-6-7-11-38(37)41/h6-7,10-11,13-24,27-29H,8-9,12,25-26H2,1-5H3/p+1. The van der Waals surface area contributed by atoms with Gasteiger partial charge < -0.3 is 5.11 Å². The van der Waals surface area contributed by atoms with Crippen LogP contribution in [-0.2, 0) is 24.1 Å². The van der Waals surface area contributed by atoms with Crippen LogP contribution in [0.25, 0.3) is 10.9 Å². The molecule has 0 aliphatic carbocycles. The van der Waals surface area contributed by atoms with Gasteiger partial charge in [-0.15, -0.1) is 0 Å². The first-order valence-corrected chi connectivity index (χ1v) is 16.1. The SMILES string of the molecule is CC(C)Cc1ccc([N+](C)(c2ccc(CC(C)C)cc2)c2ccc(C(=O)n3cc(CCCC(=O)O)c4ccccc43)cc2)cc1. The van der Waals surface area contributed by atoms with Crippen molar-refractivity contribution in [1.82, 2.24) is 9.05 Å². The molecule has 0 aliphatic heterocycles. The fourth-order valence-electron chi connectivity index (χ4n) is 6.34. The minimum Gasteiger partial charge on any atom is -0.481 e. The first-order chi connectivity index (χ1) is 21.6. The van der Waals surface area contributed by atoms with E-state index < -0.39 is 5.97 Å². The monoisotopic (exact) mass is 601 g/mol. The molecule has 0 bridgehead atoms. The summed E-state index contributed by atoms with van der Waals surface area (Å²) in [6, 6.07) is 33.7. The second kappa shape index (κ2) is 13.7. The molecule has 0 aliphatic rings. The van der Waals surface area contributed by atoms with Crippen molar-refractivity contribution < 1.29 is 14.7 Å². The predicted molar refractivity (Wildman–Crippen MR) is 186 cm³/mol. The van der Waals surface area contributed by atoms with E-state index >= 15 is 0 Å². The number of aromatic nitrogens is 1. The van der Waals surface area contributed by atoms with Crippen molar-refractivity contribution >= 4 is 39.8 Å². The molecule has 4 aromatic carbocycles. The number of carboxylic acid groups (broad SMARTS) is 1. The topological polar surface area (TPSA) is 59.3 Å². The van der Waals surface area contributed by atoms with Gasteiger partial charge in [0.1, 0.15) is 17.1 Å². The van der Waals surface area contributed by atoms with E-state index in [4.69, 9.17) is 5.11 Å². The van der Waals surface area contributed by atoms with Crippen molar-refractivity contribution in [3.05, 3.63) is 126 Å². The number of aliphatic carboxylic acids is 1. The number of carboxylic acids is 1. The zero-order valence-electron chi connectivity index (χ0n) is 27.2. The van der Waals surface area contributed by atoms with Gasteiger partial charge in [-0.2, -0.15) is 0 Å². The second-order valence-electron chi connectivity index (χ2n) is 13.2. The lowest BCUT2D eigenvalue weighted by Crippen LogP contribution is -2.33. The number of nitrogens with zero attached hydrogens (tertiary/aromatic N) is 2. The van der Waals surface area contributed by atoms with Gasteiger partial charge in [0.05, 0.1) is 12.6 Å². The molecule has 0 atom stereocenters. The van der Waals surface area contributed by atoms with Crippen LogP contribution in [0.4, 0.5) is 17.1 Å². The lowest BCUT2D eigenvalue weighted by Gasteiger charge is -2.33. The number of para-hydroxylation sites is 1. The molecule has 0 amide bonds. The van der Waals surface area contributed by atoms with E-state index in [-0.39, 0.29) is 12.3 Å². The summed E-state index contributed by atoms with van der Waals surface area (Å²) in [5.74, 6) is 0.271. The highest BCUT2D eigenvalue weighted by atomic mass is 16.4. The van der Waals surface area contributed by atoms with Crippen LogP contribution in [0, 0.1) is 11.8 Å². The maximum Gasteiger partial charge on any atom is 0.303 e. The molecule has 1 heterocycles. The summed E-state index contributed by atoms with van der Waals surface area (Å²) < 4.78 is 2.17. The third-order valence-corrected chi connectivity index (χ3v) is 8.67. The molecule has 0 spiro atoms. The number of hydrogen-bond acceptors (Lipinski definition) is 2. The zero-order chi connectivity index (χ0) is 32.1. The molecule has 5 aromatic rings. The van der Waals surface area contributed by atoms with Crippen molar-refractivity contribution in [3.8, 4) is 0 Å². The fraction of sp³-hybridized carbons (Fsp3) is 0.300. The summed E-state index contributed by atoms with van der Waals surface area (Å²) in [5, 5.41) is 10.1. The van der Waals surface area contributed by atoms with Crippen molar-refractivity contribution in [2.75, 3.05) is 7.05 Å². The fourth-order valence-corrected chi connectivity index (χ4v) is 6.34. The first kappa shape index (κ1) is 31.9. The van der Waals surface area contributed by atoms with E-state index in [1.54, 1.807) is 4.57 Å². The maximum absolute atomic E-state index is 13.9. The average Bonchev–Trinajstić information content (AvgIpc) is 3.39. The summed E-state index contributed by atoms with van der Waals surface area (Å²) in [6.45, 7) is 8.97. The Hall–Kier alpha value is -4.48. The zero-order valence-corrected chi connectivity index (χ0v) is 27.2. The summed E-state index contributed by atoms with van der Waals surface area (Å²) in [6.07, 6.45) is 5.20. The van der Waals surface area contributed by atoms with Crippen molar-refractivity contribution in [2.24, 2.45) is 11.8 Å². The van der Waals surface area contributed by atoms with Crippen LogP contribution in [-0.4, -0.2) is 28.6 Å². The van der Waals surface area contributed by atoms with E-state index in [2.05, 4.69) is 95.4 Å². The highest BCUT2D eigenvalue weighted by molar-refractivity contribution is 6.03. The Kier molecular flexibility index (Phi) is 9.69. The number of carbonyl (C=O) groups excluding carboxylic acids is 1. The molecule has 0 unspecified atom stereocenters. The number of aryl methyl sites for hydroxylation is 1. The van der Waals surface area contributed by atoms with Crippen molar-refractivity contribution in [3.63, 3.8) is 0 Å². The van der Waals surface area contributed by atoms with Gasteiger partial charge in [0.15, 0.2) is 0 Å². The Morgan fingerprint density at radius 1 is 0.711 bits per heavy atom. The van der Waals surface area contributed by atoms with E-state index in [1.807, 2.05) is 42.6 Å². The molecular formula is C40H45N2O3+. The normalized spacial score (nSPS) is 11.9. The molecule has 5 heteroatoms. The van der Waals surface area contributed by atoms with Crippen LogP contribution in [0.2, 0.25) is 0 Å². The molecule has 0 saturated heterocycles. The van der Waals surface area contributed by atoms with Gasteiger partial charge in [0.2, 0.25) is 0 Å². The summed E-state index contributed by atoms with van der Waals surface area (Å²) in [7, 11) is 2.22. The van der Waals surface area contributed by atoms with E-state index in [1.165, 1.54) is 11.1 Å². The van der Waals surface area contributed by atoms with E-state index in [9.17, 15) is 9.59 Å². The molecule has 45 heavy (non-hydrogen) atoms. The smallest absolute Gasteiger partial charge is 0.303 e. The third-order valence-electron chi connectivity index (χ3n) is 8.67. The third kappa shape index (κ3) is 7.10. The molecule has 1 aromatic heterocycles. The molecule has 5 nitrogen and oxygen atoms in total. The number of benzene rings is 4. The average molecular weight is 602 g/mol. The molecule has 0 radical (unpaired) electrons. The molecule has 0 saturated carbocycles. The lowest BCUT2D eigenvalue weighted by atomic mass is 10.0. The number of rotatable bonds is 12. The van der Waals surface area contributed by atoms with Crippen LogP contribution in [0.3, 0.4) is 0 Å². The molecule has 232 valence electrons. The Labute approximate surface area is 267 Å². The molecular weight excluding hydrogens is 556 g/mol. The van der Waals surface area contributed by atoms with Crippen LogP contribution >= 0.6 is 0 Å². The minimum atomic E-state index is -0.807. The van der Waals surface area contributed by atoms with Gasteiger partial charge in [-0.1, -0.05) is 70.2 Å². The first-order valence-electron chi connectivity index (χ1n) is 16.1. The van der Waals surface area contributed by atoms with Crippen LogP contribution in [0.15, 0.2) is 103 Å². The Bertz CT molecular complexity index is 1710. The number of hydrogen-bond donors (Lipinski definition) is 1. The summed E-state index contributed by atoms with van der Waals surface area (Å²) >= 11 is 0. The number of carbonyl (C=O) groups is 2. The second-order valence-corrected chi connectivity index (χ2v) is 13.2. The van der Waals surface area contributed by atoms with Gasteiger partial charge in [-0.05, 0) is 72.4 Å². The predicted octanol–water partition coefficient (Wildman–Crippen LogP) is 9.73. The summed E-state index contributed by atoms with van der Waals surface area (Å²) in [5.41, 5.74) is 8.45. The lowest BCUT2D eigenvalue weighted by molar-refractivity contribution is -0.137. The van der Waals surface area contributed by atoms with E-state index in [0.29, 0.717) is 34.7 Å². The van der Waals surface area contributed by atoms with Gasteiger partial charge >= 0.3 is 5.97 Å². The van der Waals surface area contributed by atoms with Crippen molar-refractivity contribution in [2.45, 2.75) is 59.8 Å². The highest BCUT2D eigenvalue weighted by Gasteiger charge is 2.32.